The standard InChI is InChI=1S/C11H11BrF2O2/c1-6(11(15)16)4-7-5-8(12)2-3-9(7)10(13)14/h2-3,5-6,10H,4H2,1H3,(H,15,16). The lowest BCUT2D eigenvalue weighted by Crippen LogP contribution is -2.13. The Morgan fingerprint density at radius 2 is 2.12 bits per heavy atom. The van der Waals surface area contributed by atoms with Crippen LogP contribution in [0.4, 0.5) is 8.78 Å². The molecule has 0 saturated heterocycles. The van der Waals surface area contributed by atoms with Crippen LogP contribution >= 0.6 is 15.9 Å². The van der Waals surface area contributed by atoms with Gasteiger partial charge in [-0.2, -0.15) is 0 Å². The molecule has 0 fully saturated rings. The van der Waals surface area contributed by atoms with Crippen LogP contribution in [0.2, 0.25) is 0 Å². The number of carboxylic acids is 1. The van der Waals surface area contributed by atoms with E-state index in [-0.39, 0.29) is 12.0 Å². The van der Waals surface area contributed by atoms with Crippen LogP contribution in [0.25, 0.3) is 0 Å². The van der Waals surface area contributed by atoms with E-state index in [1.165, 1.54) is 19.1 Å². The van der Waals surface area contributed by atoms with Crippen LogP contribution in [0.15, 0.2) is 22.7 Å². The van der Waals surface area contributed by atoms with E-state index in [0.717, 1.165) is 0 Å². The number of halogens is 3. The summed E-state index contributed by atoms with van der Waals surface area (Å²) in [6, 6.07) is 4.38. The van der Waals surface area contributed by atoms with E-state index in [0.29, 0.717) is 10.0 Å². The Labute approximate surface area is 100 Å². The second kappa shape index (κ2) is 5.39. The minimum atomic E-state index is -2.58. The maximum atomic E-state index is 12.6. The highest BCUT2D eigenvalue weighted by molar-refractivity contribution is 9.10. The summed E-state index contributed by atoms with van der Waals surface area (Å²) in [5.41, 5.74) is 0.274. The molecule has 0 amide bonds. The summed E-state index contributed by atoms with van der Waals surface area (Å²) < 4.78 is 26.0. The molecule has 0 aliphatic carbocycles. The van der Waals surface area contributed by atoms with Gasteiger partial charge in [-0.05, 0) is 24.1 Å². The Bertz CT molecular complexity index is 394. The van der Waals surface area contributed by atoms with E-state index >= 15 is 0 Å². The van der Waals surface area contributed by atoms with Crippen LogP contribution < -0.4 is 0 Å². The predicted molar refractivity (Wildman–Crippen MR) is 59.6 cm³/mol. The quantitative estimate of drug-likeness (QED) is 0.920. The highest BCUT2D eigenvalue weighted by Gasteiger charge is 2.18. The van der Waals surface area contributed by atoms with Crippen molar-refractivity contribution in [3.05, 3.63) is 33.8 Å². The van der Waals surface area contributed by atoms with Gasteiger partial charge in [0.15, 0.2) is 0 Å². The lowest BCUT2D eigenvalue weighted by atomic mass is 9.97. The number of alkyl halides is 2. The summed E-state index contributed by atoms with van der Waals surface area (Å²) in [5, 5.41) is 8.74. The molecule has 88 valence electrons. The fourth-order valence-corrected chi connectivity index (χ4v) is 1.79. The Kier molecular flexibility index (Phi) is 4.41. The molecule has 1 N–H and O–H groups in total. The van der Waals surface area contributed by atoms with Crippen molar-refractivity contribution in [3.63, 3.8) is 0 Å². The second-order valence-electron chi connectivity index (χ2n) is 3.59. The Balaban J connectivity index is 3.01. The fourth-order valence-electron chi connectivity index (χ4n) is 1.38. The highest BCUT2D eigenvalue weighted by Crippen LogP contribution is 2.27. The molecule has 0 aliphatic rings. The lowest BCUT2D eigenvalue weighted by Gasteiger charge is -2.11. The van der Waals surface area contributed by atoms with E-state index in [4.69, 9.17) is 5.11 Å². The summed E-state index contributed by atoms with van der Waals surface area (Å²) in [7, 11) is 0. The third-order valence-electron chi connectivity index (χ3n) is 2.29. The van der Waals surface area contributed by atoms with E-state index in [1.54, 1.807) is 6.07 Å². The summed E-state index contributed by atoms with van der Waals surface area (Å²) >= 11 is 3.18. The van der Waals surface area contributed by atoms with Gasteiger partial charge in [-0.15, -0.1) is 0 Å². The second-order valence-corrected chi connectivity index (χ2v) is 4.50. The van der Waals surface area contributed by atoms with Gasteiger partial charge in [-0.3, -0.25) is 4.79 Å². The molecule has 1 unspecified atom stereocenters. The number of rotatable bonds is 4. The topological polar surface area (TPSA) is 37.3 Å². The lowest BCUT2D eigenvalue weighted by molar-refractivity contribution is -0.141. The number of hydrogen-bond donors (Lipinski definition) is 1. The smallest absolute Gasteiger partial charge is 0.306 e. The van der Waals surface area contributed by atoms with Gasteiger partial charge in [0.05, 0.1) is 5.92 Å². The number of aliphatic carboxylic acids is 1. The van der Waals surface area contributed by atoms with Crippen molar-refractivity contribution in [1.29, 1.82) is 0 Å². The molecule has 0 aromatic heterocycles. The summed E-state index contributed by atoms with van der Waals surface area (Å²) in [4.78, 5) is 10.7. The average Bonchev–Trinajstić information content (AvgIpc) is 2.16. The monoisotopic (exact) mass is 292 g/mol. The summed E-state index contributed by atoms with van der Waals surface area (Å²) in [6.07, 6.45) is -2.47. The predicted octanol–water partition coefficient (Wildman–Crippen LogP) is 3.65. The molecule has 0 spiro atoms. The van der Waals surface area contributed by atoms with Gasteiger partial charge in [0.1, 0.15) is 0 Å². The van der Waals surface area contributed by atoms with Crippen molar-refractivity contribution in [3.8, 4) is 0 Å². The van der Waals surface area contributed by atoms with Crippen molar-refractivity contribution >= 4 is 21.9 Å². The van der Waals surface area contributed by atoms with Crippen molar-refractivity contribution in [2.24, 2.45) is 5.92 Å². The first-order chi connectivity index (χ1) is 7.41. The molecule has 0 bridgehead atoms. The highest BCUT2D eigenvalue weighted by atomic mass is 79.9. The minimum Gasteiger partial charge on any atom is -0.481 e. The third-order valence-corrected chi connectivity index (χ3v) is 2.78. The molecule has 1 aromatic carbocycles. The first kappa shape index (κ1) is 13.1. The molecule has 2 nitrogen and oxygen atoms in total. The maximum Gasteiger partial charge on any atom is 0.306 e. The van der Waals surface area contributed by atoms with Gasteiger partial charge in [-0.1, -0.05) is 28.9 Å². The van der Waals surface area contributed by atoms with Gasteiger partial charge < -0.3 is 5.11 Å². The molecule has 0 saturated carbocycles. The number of benzene rings is 1. The summed E-state index contributed by atoms with van der Waals surface area (Å²) in [5.74, 6) is -1.66. The van der Waals surface area contributed by atoms with Crippen LogP contribution in [-0.2, 0) is 11.2 Å². The van der Waals surface area contributed by atoms with Crippen molar-refractivity contribution in [2.45, 2.75) is 19.8 Å². The minimum absolute atomic E-state index is 0.101. The molecule has 0 heterocycles. The number of carboxylic acid groups (broad SMARTS) is 1. The fraction of sp³-hybridized carbons (Fsp3) is 0.364. The first-order valence-corrected chi connectivity index (χ1v) is 5.50. The molecular formula is C11H11BrF2O2. The van der Waals surface area contributed by atoms with E-state index in [9.17, 15) is 13.6 Å². The first-order valence-electron chi connectivity index (χ1n) is 4.71. The molecule has 1 atom stereocenters. The van der Waals surface area contributed by atoms with E-state index in [1.807, 2.05) is 0 Å². The van der Waals surface area contributed by atoms with Crippen LogP contribution in [0.5, 0.6) is 0 Å². The van der Waals surface area contributed by atoms with Crippen molar-refractivity contribution < 1.29 is 18.7 Å². The molecule has 1 aromatic rings. The normalized spacial score (nSPS) is 12.8. The van der Waals surface area contributed by atoms with Crippen LogP contribution in [-0.4, -0.2) is 11.1 Å². The third kappa shape index (κ3) is 3.27. The SMILES string of the molecule is CC(Cc1cc(Br)ccc1C(F)F)C(=O)O. The zero-order valence-corrected chi connectivity index (χ0v) is 10.2. The van der Waals surface area contributed by atoms with Gasteiger partial charge in [0.2, 0.25) is 0 Å². The molecule has 1 rings (SSSR count). The van der Waals surface area contributed by atoms with Crippen LogP contribution in [0.1, 0.15) is 24.5 Å². The largest absolute Gasteiger partial charge is 0.481 e. The van der Waals surface area contributed by atoms with Gasteiger partial charge in [0.25, 0.3) is 6.43 Å². The molecule has 16 heavy (non-hydrogen) atoms. The van der Waals surface area contributed by atoms with Crippen LogP contribution in [0, 0.1) is 5.92 Å². The van der Waals surface area contributed by atoms with Crippen molar-refractivity contribution in [2.75, 3.05) is 0 Å². The Hall–Kier alpha value is -0.970. The Morgan fingerprint density at radius 3 is 2.62 bits per heavy atom. The Morgan fingerprint density at radius 1 is 1.50 bits per heavy atom. The van der Waals surface area contributed by atoms with Gasteiger partial charge in [-0.25, -0.2) is 8.78 Å². The molecule has 5 heteroatoms. The zero-order chi connectivity index (χ0) is 12.3. The number of carbonyl (C=O) groups is 1. The zero-order valence-electron chi connectivity index (χ0n) is 8.58. The maximum absolute atomic E-state index is 12.6. The van der Waals surface area contributed by atoms with Crippen LogP contribution in [0.3, 0.4) is 0 Å². The van der Waals surface area contributed by atoms with Gasteiger partial charge >= 0.3 is 5.97 Å². The molecular weight excluding hydrogens is 282 g/mol. The summed E-state index contributed by atoms with van der Waals surface area (Å²) in [6.45, 7) is 1.50. The average molecular weight is 293 g/mol. The number of hydrogen-bond acceptors (Lipinski definition) is 1. The molecule has 0 aliphatic heterocycles. The van der Waals surface area contributed by atoms with Gasteiger partial charge in [0, 0.05) is 10.0 Å². The van der Waals surface area contributed by atoms with Crippen molar-refractivity contribution in [1.82, 2.24) is 0 Å². The van der Waals surface area contributed by atoms with E-state index < -0.39 is 18.3 Å². The molecule has 0 radical (unpaired) electrons. The van der Waals surface area contributed by atoms with E-state index in [2.05, 4.69) is 15.9 Å².